The molecule has 1 heterocycles. The maximum Gasteiger partial charge on any atom is 0.115 e. The molecule has 1 aromatic heterocycles. The fraction of sp³-hybridized carbons (Fsp3) is 0.250. The van der Waals surface area contributed by atoms with E-state index in [-0.39, 0.29) is 0 Å². The first-order valence-corrected chi connectivity index (χ1v) is 8.24. The zero-order chi connectivity index (χ0) is 15.8. The molecule has 0 saturated carbocycles. The lowest BCUT2D eigenvalue weighted by atomic mass is 9.90. The Morgan fingerprint density at radius 2 is 1.87 bits per heavy atom. The van der Waals surface area contributed by atoms with Crippen molar-refractivity contribution in [2.24, 2.45) is 0 Å². The van der Waals surface area contributed by atoms with Crippen LogP contribution in [0.2, 0.25) is 0 Å². The van der Waals surface area contributed by atoms with Crippen LogP contribution >= 0.6 is 0 Å². The molecule has 0 atom stereocenters. The molecule has 2 aromatic carbocycles. The first-order chi connectivity index (χ1) is 11.3. The summed E-state index contributed by atoms with van der Waals surface area (Å²) >= 11 is 0. The molecule has 0 radical (unpaired) electrons. The molecule has 3 heteroatoms. The smallest absolute Gasteiger partial charge is 0.115 e. The van der Waals surface area contributed by atoms with Crippen LogP contribution in [0.15, 0.2) is 48.7 Å². The number of aromatic hydroxyl groups is 1. The monoisotopic (exact) mass is 304 g/mol. The van der Waals surface area contributed by atoms with Crippen molar-refractivity contribution >= 4 is 0 Å². The molecule has 3 nitrogen and oxygen atoms in total. The summed E-state index contributed by atoms with van der Waals surface area (Å²) in [6.07, 6.45) is 6.12. The summed E-state index contributed by atoms with van der Waals surface area (Å²) in [5.41, 5.74) is 7.33. The highest BCUT2D eigenvalue weighted by molar-refractivity contribution is 5.72. The minimum atomic E-state index is 0.339. The van der Waals surface area contributed by atoms with Gasteiger partial charge in [0, 0.05) is 5.56 Å². The van der Waals surface area contributed by atoms with Crippen molar-refractivity contribution in [2.45, 2.75) is 32.6 Å². The third-order valence-electron chi connectivity index (χ3n) is 4.60. The van der Waals surface area contributed by atoms with Gasteiger partial charge in [-0.2, -0.15) is 5.10 Å². The number of aryl methyl sites for hydroxylation is 2. The zero-order valence-electron chi connectivity index (χ0n) is 13.3. The van der Waals surface area contributed by atoms with Gasteiger partial charge in [0.25, 0.3) is 0 Å². The Labute approximate surface area is 136 Å². The van der Waals surface area contributed by atoms with E-state index < -0.39 is 0 Å². The first-order valence-electron chi connectivity index (χ1n) is 8.24. The first kappa shape index (κ1) is 14.1. The Balaban J connectivity index is 1.75. The molecule has 1 aliphatic rings. The van der Waals surface area contributed by atoms with Gasteiger partial charge in [0.1, 0.15) is 5.75 Å². The predicted octanol–water partition coefficient (Wildman–Crippen LogP) is 4.30. The number of hydrogen-bond acceptors (Lipinski definition) is 2. The normalized spacial score (nSPS) is 12.7. The number of phenolic OH excluding ortho intramolecular Hbond substituents is 1. The second-order valence-electron chi connectivity index (χ2n) is 6.17. The van der Waals surface area contributed by atoms with E-state index in [0.29, 0.717) is 5.75 Å². The van der Waals surface area contributed by atoms with Crippen LogP contribution in [0, 0.1) is 0 Å². The molecule has 0 spiro atoms. The SMILES string of the molecule is CCCc1ccc(-n2ncc3c2CCc2cc(O)ccc2-3)cc1. The zero-order valence-corrected chi connectivity index (χ0v) is 13.3. The molecule has 23 heavy (non-hydrogen) atoms. The summed E-state index contributed by atoms with van der Waals surface area (Å²) in [6, 6.07) is 14.3. The van der Waals surface area contributed by atoms with Crippen LogP contribution < -0.4 is 0 Å². The van der Waals surface area contributed by atoms with Gasteiger partial charge in [0.15, 0.2) is 0 Å². The molecule has 3 aromatic rings. The highest BCUT2D eigenvalue weighted by Crippen LogP contribution is 2.36. The van der Waals surface area contributed by atoms with E-state index in [1.54, 1.807) is 6.07 Å². The molecular weight excluding hydrogens is 284 g/mol. The van der Waals surface area contributed by atoms with Gasteiger partial charge in [0.2, 0.25) is 0 Å². The van der Waals surface area contributed by atoms with Gasteiger partial charge >= 0.3 is 0 Å². The van der Waals surface area contributed by atoms with E-state index >= 15 is 0 Å². The van der Waals surface area contributed by atoms with E-state index in [9.17, 15) is 5.11 Å². The maximum atomic E-state index is 9.67. The van der Waals surface area contributed by atoms with Gasteiger partial charge in [-0.1, -0.05) is 31.5 Å². The number of phenols is 1. The van der Waals surface area contributed by atoms with Crippen LogP contribution in [-0.4, -0.2) is 14.9 Å². The molecule has 0 bridgehead atoms. The fourth-order valence-electron chi connectivity index (χ4n) is 3.46. The van der Waals surface area contributed by atoms with Crippen molar-refractivity contribution in [1.82, 2.24) is 9.78 Å². The highest BCUT2D eigenvalue weighted by atomic mass is 16.3. The average Bonchev–Trinajstić information content (AvgIpc) is 3.00. The van der Waals surface area contributed by atoms with E-state index in [1.807, 2.05) is 18.3 Å². The topological polar surface area (TPSA) is 38.0 Å². The molecule has 0 amide bonds. The summed E-state index contributed by atoms with van der Waals surface area (Å²) in [5.74, 6) is 0.339. The lowest BCUT2D eigenvalue weighted by molar-refractivity contribution is 0.474. The van der Waals surface area contributed by atoms with Crippen LogP contribution in [0.1, 0.15) is 30.2 Å². The van der Waals surface area contributed by atoms with Gasteiger partial charge in [-0.05, 0) is 60.2 Å². The number of aromatic nitrogens is 2. The van der Waals surface area contributed by atoms with Gasteiger partial charge in [0.05, 0.1) is 17.6 Å². The third kappa shape index (κ3) is 2.42. The second kappa shape index (κ2) is 5.58. The molecule has 0 unspecified atom stereocenters. The number of benzene rings is 2. The van der Waals surface area contributed by atoms with Crippen molar-refractivity contribution in [1.29, 1.82) is 0 Å². The van der Waals surface area contributed by atoms with Crippen molar-refractivity contribution in [3.8, 4) is 22.6 Å². The molecule has 0 aliphatic heterocycles. The molecule has 0 saturated heterocycles. The molecular formula is C20H20N2O. The summed E-state index contributed by atoms with van der Waals surface area (Å²) in [7, 11) is 0. The predicted molar refractivity (Wildman–Crippen MR) is 92.1 cm³/mol. The minimum absolute atomic E-state index is 0.339. The van der Waals surface area contributed by atoms with E-state index in [0.717, 1.165) is 24.9 Å². The van der Waals surface area contributed by atoms with Crippen LogP contribution in [0.4, 0.5) is 0 Å². The number of fused-ring (bicyclic) bond motifs is 3. The maximum absolute atomic E-state index is 9.67. The Hall–Kier alpha value is -2.55. The number of hydrogen-bond donors (Lipinski definition) is 1. The quantitative estimate of drug-likeness (QED) is 0.783. The summed E-state index contributed by atoms with van der Waals surface area (Å²) in [6.45, 7) is 2.20. The molecule has 1 aliphatic carbocycles. The van der Waals surface area contributed by atoms with Gasteiger partial charge in [-0.3, -0.25) is 0 Å². The Morgan fingerprint density at radius 1 is 1.04 bits per heavy atom. The van der Waals surface area contributed by atoms with Gasteiger partial charge < -0.3 is 5.11 Å². The van der Waals surface area contributed by atoms with Crippen molar-refractivity contribution in [2.75, 3.05) is 0 Å². The third-order valence-corrected chi connectivity index (χ3v) is 4.60. The van der Waals surface area contributed by atoms with Crippen molar-refractivity contribution < 1.29 is 5.11 Å². The summed E-state index contributed by atoms with van der Waals surface area (Å²) < 4.78 is 2.06. The molecule has 4 rings (SSSR count). The largest absolute Gasteiger partial charge is 0.508 e. The van der Waals surface area contributed by atoms with Gasteiger partial charge in [-0.15, -0.1) is 0 Å². The fourth-order valence-corrected chi connectivity index (χ4v) is 3.46. The Bertz CT molecular complexity index is 847. The van der Waals surface area contributed by atoms with Crippen molar-refractivity contribution in [3.63, 3.8) is 0 Å². The van der Waals surface area contributed by atoms with Gasteiger partial charge in [-0.25, -0.2) is 4.68 Å². The lowest BCUT2D eigenvalue weighted by Gasteiger charge is -2.18. The van der Waals surface area contributed by atoms with E-state index in [1.165, 1.54) is 34.4 Å². The van der Waals surface area contributed by atoms with Crippen LogP contribution in [-0.2, 0) is 19.3 Å². The number of rotatable bonds is 3. The van der Waals surface area contributed by atoms with Crippen LogP contribution in [0.25, 0.3) is 16.8 Å². The minimum Gasteiger partial charge on any atom is -0.508 e. The van der Waals surface area contributed by atoms with E-state index in [2.05, 4.69) is 41.0 Å². The van der Waals surface area contributed by atoms with Crippen molar-refractivity contribution in [3.05, 3.63) is 65.5 Å². The molecule has 1 N–H and O–H groups in total. The Morgan fingerprint density at radius 3 is 2.65 bits per heavy atom. The number of nitrogens with zero attached hydrogens (tertiary/aromatic N) is 2. The standard InChI is InChI=1S/C20H20N2O/c1-2-3-14-4-7-16(8-5-14)22-20-11-6-15-12-17(23)9-10-18(15)19(20)13-21-22/h4-5,7-10,12-13,23H,2-3,6,11H2,1H3. The summed E-state index contributed by atoms with van der Waals surface area (Å²) in [5, 5.41) is 14.3. The highest BCUT2D eigenvalue weighted by Gasteiger charge is 2.21. The second-order valence-corrected chi connectivity index (χ2v) is 6.17. The summed E-state index contributed by atoms with van der Waals surface area (Å²) in [4.78, 5) is 0. The molecule has 116 valence electrons. The van der Waals surface area contributed by atoms with Crippen LogP contribution in [0.5, 0.6) is 5.75 Å². The average molecular weight is 304 g/mol. The molecule has 0 fully saturated rings. The van der Waals surface area contributed by atoms with E-state index in [4.69, 9.17) is 0 Å². The Kier molecular flexibility index (Phi) is 3.41. The van der Waals surface area contributed by atoms with Crippen LogP contribution in [0.3, 0.4) is 0 Å². The lowest BCUT2D eigenvalue weighted by Crippen LogP contribution is -2.08.